The number of amides is 4. The third-order valence-corrected chi connectivity index (χ3v) is 5.78. The van der Waals surface area contributed by atoms with Crippen molar-refractivity contribution >= 4 is 40.5 Å². The van der Waals surface area contributed by atoms with E-state index in [1.807, 2.05) is 38.1 Å². The van der Waals surface area contributed by atoms with Crippen LogP contribution in [0.5, 0.6) is 0 Å². The average molecular weight is 517 g/mol. The van der Waals surface area contributed by atoms with Crippen molar-refractivity contribution in [2.75, 3.05) is 0 Å². The molecule has 4 amide bonds. The summed E-state index contributed by atoms with van der Waals surface area (Å²) in [4.78, 5) is 64.8. The second-order valence-electron chi connectivity index (χ2n) is 9.51. The van der Waals surface area contributed by atoms with Crippen molar-refractivity contribution in [2.24, 2.45) is 17.4 Å². The molecular weight excluding hydrogens is 480 g/mol. The highest BCUT2D eigenvalue weighted by Gasteiger charge is 2.31. The minimum absolute atomic E-state index is 0.0194. The lowest BCUT2D eigenvalue weighted by Gasteiger charge is -2.25. The lowest BCUT2D eigenvalue weighted by molar-refractivity contribution is -0.143. The Morgan fingerprint density at radius 3 is 2.11 bits per heavy atom. The maximum absolute atomic E-state index is 13.3. The molecule has 9 N–H and O–H groups in total. The molecule has 2 rings (SSSR count). The van der Waals surface area contributed by atoms with E-state index in [9.17, 15) is 29.1 Å². The number of aliphatic carboxylic acids is 1. The highest BCUT2D eigenvalue weighted by molar-refractivity contribution is 5.95. The Morgan fingerprint density at radius 2 is 1.51 bits per heavy atom. The van der Waals surface area contributed by atoms with E-state index in [0.717, 1.165) is 16.5 Å². The highest BCUT2D eigenvalue weighted by Crippen LogP contribution is 2.19. The highest BCUT2D eigenvalue weighted by atomic mass is 16.4. The lowest BCUT2D eigenvalue weighted by atomic mass is 10.0. The zero-order valence-corrected chi connectivity index (χ0v) is 21.2. The molecule has 0 saturated heterocycles. The van der Waals surface area contributed by atoms with Crippen molar-refractivity contribution in [1.29, 1.82) is 0 Å². The van der Waals surface area contributed by atoms with Crippen LogP contribution in [0.3, 0.4) is 0 Å². The number of nitrogens with two attached hydrogens (primary N) is 2. The van der Waals surface area contributed by atoms with E-state index in [2.05, 4.69) is 20.9 Å². The van der Waals surface area contributed by atoms with E-state index >= 15 is 0 Å². The molecule has 1 aromatic heterocycles. The zero-order valence-electron chi connectivity index (χ0n) is 21.2. The number of H-pyrrole nitrogens is 1. The van der Waals surface area contributed by atoms with E-state index in [0.29, 0.717) is 0 Å². The molecule has 0 radical (unpaired) electrons. The number of carboxylic acid groups (broad SMARTS) is 1. The third kappa shape index (κ3) is 8.90. The Labute approximate surface area is 214 Å². The standard InChI is InChI=1S/C25H36N6O6/c1-13(2)10-20(25(36)37)31-23(34)18(8-9-21(27)32)29-24(35)19(30-22(33)14(3)26)11-15-12-28-17-7-5-4-6-16(15)17/h4-7,12-14,18-20,28H,8-11,26H2,1-3H3,(H2,27,32)(H,29,35)(H,30,33)(H,31,34)(H,36,37). The molecule has 12 nitrogen and oxygen atoms in total. The molecule has 0 spiro atoms. The van der Waals surface area contributed by atoms with Crippen LogP contribution < -0.4 is 27.4 Å². The van der Waals surface area contributed by atoms with Crippen LogP contribution in [0.1, 0.15) is 45.6 Å². The number of nitrogens with one attached hydrogen (secondary N) is 4. The van der Waals surface area contributed by atoms with Gasteiger partial charge in [-0.3, -0.25) is 19.2 Å². The van der Waals surface area contributed by atoms with Gasteiger partial charge in [0.1, 0.15) is 18.1 Å². The van der Waals surface area contributed by atoms with Gasteiger partial charge >= 0.3 is 5.97 Å². The van der Waals surface area contributed by atoms with Gasteiger partial charge in [0, 0.05) is 29.9 Å². The molecule has 37 heavy (non-hydrogen) atoms. The second kappa shape index (κ2) is 13.4. The summed E-state index contributed by atoms with van der Waals surface area (Å²) < 4.78 is 0. The average Bonchev–Trinajstić information content (AvgIpc) is 3.22. The first kappa shape index (κ1) is 29.3. The number of benzene rings is 1. The maximum atomic E-state index is 13.3. The number of para-hydroxylation sites is 1. The molecule has 202 valence electrons. The Morgan fingerprint density at radius 1 is 0.919 bits per heavy atom. The molecule has 1 aromatic carbocycles. The quantitative estimate of drug-likeness (QED) is 0.181. The smallest absolute Gasteiger partial charge is 0.326 e. The van der Waals surface area contributed by atoms with Crippen LogP contribution in [-0.4, -0.2) is 63.9 Å². The fraction of sp³-hybridized carbons (Fsp3) is 0.480. The third-order valence-electron chi connectivity index (χ3n) is 5.78. The van der Waals surface area contributed by atoms with Crippen LogP contribution >= 0.6 is 0 Å². The van der Waals surface area contributed by atoms with Gasteiger partial charge in [-0.2, -0.15) is 0 Å². The predicted molar refractivity (Wildman–Crippen MR) is 137 cm³/mol. The van der Waals surface area contributed by atoms with E-state index in [1.165, 1.54) is 6.92 Å². The molecule has 0 aliphatic heterocycles. The second-order valence-corrected chi connectivity index (χ2v) is 9.51. The first-order chi connectivity index (χ1) is 17.4. The first-order valence-electron chi connectivity index (χ1n) is 12.1. The fourth-order valence-corrected chi connectivity index (χ4v) is 3.83. The van der Waals surface area contributed by atoms with E-state index in [-0.39, 0.29) is 31.6 Å². The molecule has 0 bridgehead atoms. The van der Waals surface area contributed by atoms with E-state index < -0.39 is 53.8 Å². The van der Waals surface area contributed by atoms with Gasteiger partial charge in [0.05, 0.1) is 6.04 Å². The number of fused-ring (bicyclic) bond motifs is 1. The zero-order chi connectivity index (χ0) is 27.7. The largest absolute Gasteiger partial charge is 0.480 e. The maximum Gasteiger partial charge on any atom is 0.326 e. The molecular formula is C25H36N6O6. The van der Waals surface area contributed by atoms with Gasteiger partial charge in [-0.15, -0.1) is 0 Å². The van der Waals surface area contributed by atoms with Crippen LogP contribution in [0.4, 0.5) is 0 Å². The molecule has 4 atom stereocenters. The predicted octanol–water partition coefficient (Wildman–Crippen LogP) is -0.0918. The topological polar surface area (TPSA) is 209 Å². The number of primary amides is 1. The fourth-order valence-electron chi connectivity index (χ4n) is 3.83. The summed E-state index contributed by atoms with van der Waals surface area (Å²) in [5, 5.41) is 17.9. The summed E-state index contributed by atoms with van der Waals surface area (Å²) in [5.74, 6) is -3.96. The summed E-state index contributed by atoms with van der Waals surface area (Å²) in [5.41, 5.74) is 12.5. The minimum Gasteiger partial charge on any atom is -0.480 e. The number of carbonyl (C=O) groups excluding carboxylic acids is 4. The van der Waals surface area contributed by atoms with E-state index in [4.69, 9.17) is 11.5 Å². The van der Waals surface area contributed by atoms with Gasteiger partial charge in [0.2, 0.25) is 23.6 Å². The van der Waals surface area contributed by atoms with Crippen LogP contribution in [0.2, 0.25) is 0 Å². The van der Waals surface area contributed by atoms with Crippen LogP contribution in [0, 0.1) is 5.92 Å². The lowest BCUT2D eigenvalue weighted by Crippen LogP contribution is -2.57. The molecule has 0 saturated carbocycles. The minimum atomic E-state index is -1.26. The van der Waals surface area contributed by atoms with E-state index in [1.54, 1.807) is 6.20 Å². The normalized spacial score (nSPS) is 14.4. The summed E-state index contributed by atoms with van der Waals surface area (Å²) in [6.45, 7) is 5.09. The van der Waals surface area contributed by atoms with Gasteiger partial charge in [-0.25, -0.2) is 4.79 Å². The van der Waals surface area contributed by atoms with Crippen molar-refractivity contribution in [3.63, 3.8) is 0 Å². The SMILES string of the molecule is CC(C)CC(NC(=O)C(CCC(N)=O)NC(=O)C(Cc1c[nH]c2ccccc12)NC(=O)C(C)N)C(=O)O. The number of carbonyl (C=O) groups is 5. The van der Waals surface area contributed by atoms with Gasteiger partial charge in [0.25, 0.3) is 0 Å². The number of rotatable bonds is 14. The van der Waals surface area contributed by atoms with Gasteiger partial charge < -0.3 is 37.5 Å². The van der Waals surface area contributed by atoms with Crippen LogP contribution in [0.25, 0.3) is 10.9 Å². The number of aromatic nitrogens is 1. The number of hydrogen-bond donors (Lipinski definition) is 7. The van der Waals surface area contributed by atoms with Gasteiger partial charge in [0.15, 0.2) is 0 Å². The van der Waals surface area contributed by atoms with Gasteiger partial charge in [-0.1, -0.05) is 32.0 Å². The Hall–Kier alpha value is -3.93. The summed E-state index contributed by atoms with van der Waals surface area (Å²) in [7, 11) is 0. The molecule has 12 heteroatoms. The molecule has 0 fully saturated rings. The molecule has 0 aliphatic carbocycles. The van der Waals surface area contributed by atoms with Gasteiger partial charge in [-0.05, 0) is 37.3 Å². The molecule has 1 heterocycles. The molecule has 2 aromatic rings. The van der Waals surface area contributed by atoms with Crippen LogP contribution in [-0.2, 0) is 30.4 Å². The number of hydrogen-bond acceptors (Lipinski definition) is 6. The monoisotopic (exact) mass is 516 g/mol. The number of carboxylic acids is 1. The van der Waals surface area contributed by atoms with Crippen molar-refractivity contribution in [1.82, 2.24) is 20.9 Å². The first-order valence-corrected chi connectivity index (χ1v) is 12.1. The summed E-state index contributed by atoms with van der Waals surface area (Å²) >= 11 is 0. The van der Waals surface area contributed by atoms with Crippen molar-refractivity contribution in [3.8, 4) is 0 Å². The Bertz CT molecular complexity index is 1130. The van der Waals surface area contributed by atoms with Crippen LogP contribution in [0.15, 0.2) is 30.5 Å². The molecule has 4 unspecified atom stereocenters. The Kier molecular flexibility index (Phi) is 10.6. The van der Waals surface area contributed by atoms with Crippen molar-refractivity contribution in [3.05, 3.63) is 36.0 Å². The summed E-state index contributed by atoms with van der Waals surface area (Å²) in [6, 6.07) is 3.01. The molecule has 0 aliphatic rings. The Balaban J connectivity index is 2.28. The van der Waals surface area contributed by atoms with Crippen molar-refractivity contribution < 1.29 is 29.1 Å². The number of aromatic amines is 1. The summed E-state index contributed by atoms with van der Waals surface area (Å²) in [6.07, 6.45) is 1.61. The van der Waals surface area contributed by atoms with Crippen molar-refractivity contribution in [2.45, 2.75) is 70.6 Å².